The molecule has 32 heavy (non-hydrogen) atoms. The van der Waals surface area contributed by atoms with Crippen LogP contribution in [0, 0.1) is 6.92 Å². The number of nitrogens with zero attached hydrogens (tertiary/aromatic N) is 1. The summed E-state index contributed by atoms with van der Waals surface area (Å²) in [6, 6.07) is 19.0. The van der Waals surface area contributed by atoms with Gasteiger partial charge >= 0.3 is 5.97 Å². The largest absolute Gasteiger partial charge is 0.484 e. The van der Waals surface area contributed by atoms with E-state index in [0.29, 0.717) is 22.6 Å². The zero-order chi connectivity index (χ0) is 22.4. The quantitative estimate of drug-likeness (QED) is 0.456. The first-order chi connectivity index (χ1) is 15.5. The number of fused-ring (bicyclic) bond motifs is 5. The van der Waals surface area contributed by atoms with Crippen LogP contribution in [0.15, 0.2) is 60.7 Å². The SMILES string of the molecule is COC(=O)CC1Oc2ccccc2-c2cc(C)c3c(c21)C(=O)C(=O)N3Cc1ccccc1. The Morgan fingerprint density at radius 3 is 2.50 bits per heavy atom. The van der Waals surface area contributed by atoms with Crippen molar-refractivity contribution in [2.24, 2.45) is 0 Å². The number of carbonyl (C=O) groups is 3. The van der Waals surface area contributed by atoms with E-state index in [1.165, 1.54) is 12.0 Å². The number of ether oxygens (including phenoxy) is 2. The second-order valence-corrected chi connectivity index (χ2v) is 7.97. The van der Waals surface area contributed by atoms with Crippen LogP contribution in [0.2, 0.25) is 0 Å². The highest BCUT2D eigenvalue weighted by molar-refractivity contribution is 6.53. The number of esters is 1. The number of rotatable bonds is 4. The summed E-state index contributed by atoms with van der Waals surface area (Å²) in [6.07, 6.45) is -0.789. The van der Waals surface area contributed by atoms with E-state index in [1.807, 2.05) is 67.6 Å². The molecule has 1 atom stereocenters. The summed E-state index contributed by atoms with van der Waals surface area (Å²) >= 11 is 0. The van der Waals surface area contributed by atoms with Gasteiger partial charge in [-0.05, 0) is 35.7 Å². The average molecular weight is 427 g/mol. The lowest BCUT2D eigenvalue weighted by molar-refractivity contribution is -0.142. The van der Waals surface area contributed by atoms with Crippen molar-refractivity contribution in [3.8, 4) is 16.9 Å². The summed E-state index contributed by atoms with van der Waals surface area (Å²) in [5, 5.41) is 0. The number of para-hydroxylation sites is 1. The molecule has 1 amide bonds. The molecule has 160 valence electrons. The molecule has 0 fully saturated rings. The molecule has 2 aliphatic rings. The van der Waals surface area contributed by atoms with Gasteiger partial charge in [0.1, 0.15) is 11.9 Å². The molecule has 0 aliphatic carbocycles. The van der Waals surface area contributed by atoms with Crippen molar-refractivity contribution < 1.29 is 23.9 Å². The minimum atomic E-state index is -0.727. The fraction of sp³-hybridized carbons (Fsp3) is 0.192. The Labute approximate surface area is 185 Å². The van der Waals surface area contributed by atoms with Gasteiger partial charge in [0.2, 0.25) is 0 Å². The molecule has 0 bridgehead atoms. The van der Waals surface area contributed by atoms with Gasteiger partial charge in [0.25, 0.3) is 11.7 Å². The van der Waals surface area contributed by atoms with Crippen LogP contribution in [0.25, 0.3) is 11.1 Å². The summed E-state index contributed by atoms with van der Waals surface area (Å²) < 4.78 is 11.0. The molecule has 1 unspecified atom stereocenters. The number of amides is 1. The lowest BCUT2D eigenvalue weighted by Gasteiger charge is -2.31. The molecule has 5 rings (SSSR count). The Morgan fingerprint density at radius 1 is 1.03 bits per heavy atom. The van der Waals surface area contributed by atoms with Crippen LogP contribution in [-0.4, -0.2) is 24.8 Å². The van der Waals surface area contributed by atoms with E-state index in [0.717, 1.165) is 22.3 Å². The number of Topliss-reactive ketones (excluding diaryl/α,β-unsaturated/α-hetero) is 1. The van der Waals surface area contributed by atoms with Gasteiger partial charge in [0.15, 0.2) is 0 Å². The first-order valence-electron chi connectivity index (χ1n) is 10.4. The van der Waals surface area contributed by atoms with Gasteiger partial charge < -0.3 is 14.4 Å². The Balaban J connectivity index is 1.71. The maximum Gasteiger partial charge on any atom is 0.309 e. The second-order valence-electron chi connectivity index (χ2n) is 7.97. The number of benzene rings is 3. The van der Waals surface area contributed by atoms with Crippen LogP contribution in [-0.2, 0) is 20.9 Å². The number of carbonyl (C=O) groups excluding carboxylic acids is 3. The molecular formula is C26H21NO5. The fourth-order valence-corrected chi connectivity index (χ4v) is 4.59. The third-order valence-corrected chi connectivity index (χ3v) is 6.00. The van der Waals surface area contributed by atoms with Crippen molar-refractivity contribution in [3.05, 3.63) is 82.9 Å². The second kappa shape index (κ2) is 7.64. The number of anilines is 1. The molecule has 6 heteroatoms. The lowest BCUT2D eigenvalue weighted by Crippen LogP contribution is -2.29. The molecule has 0 N–H and O–H groups in total. The van der Waals surface area contributed by atoms with E-state index in [4.69, 9.17) is 9.47 Å². The van der Waals surface area contributed by atoms with Crippen molar-refractivity contribution >= 4 is 23.3 Å². The normalized spacial score (nSPS) is 16.2. The molecule has 0 saturated carbocycles. The average Bonchev–Trinajstić information content (AvgIpc) is 3.05. The maximum absolute atomic E-state index is 13.3. The Kier molecular flexibility index (Phi) is 4.78. The van der Waals surface area contributed by atoms with Crippen molar-refractivity contribution in [2.75, 3.05) is 12.0 Å². The predicted molar refractivity (Wildman–Crippen MR) is 119 cm³/mol. The third-order valence-electron chi connectivity index (χ3n) is 6.00. The summed E-state index contributed by atoms with van der Waals surface area (Å²) in [5.74, 6) is -0.969. The first kappa shape index (κ1) is 20.0. The van der Waals surface area contributed by atoms with Gasteiger partial charge in [-0.25, -0.2) is 0 Å². The maximum atomic E-state index is 13.3. The molecule has 0 saturated heterocycles. The summed E-state index contributed by atoms with van der Waals surface area (Å²) in [6.45, 7) is 2.19. The molecule has 3 aromatic rings. The highest BCUT2D eigenvalue weighted by Crippen LogP contribution is 2.50. The van der Waals surface area contributed by atoms with Crippen LogP contribution < -0.4 is 9.64 Å². The van der Waals surface area contributed by atoms with Crippen molar-refractivity contribution in [2.45, 2.75) is 26.0 Å². The summed E-state index contributed by atoms with van der Waals surface area (Å²) in [5.41, 5.74) is 4.86. The molecular weight excluding hydrogens is 406 g/mol. The van der Waals surface area contributed by atoms with Crippen molar-refractivity contribution in [1.82, 2.24) is 0 Å². The molecule has 2 heterocycles. The Bertz CT molecular complexity index is 1260. The number of methoxy groups -OCH3 is 1. The first-order valence-corrected chi connectivity index (χ1v) is 10.4. The highest BCUT2D eigenvalue weighted by Gasteiger charge is 2.43. The third kappa shape index (κ3) is 3.07. The molecule has 2 aliphatic heterocycles. The fourth-order valence-electron chi connectivity index (χ4n) is 4.59. The molecule has 0 spiro atoms. The molecule has 0 aromatic heterocycles. The Hall–Kier alpha value is -3.93. The summed E-state index contributed by atoms with van der Waals surface area (Å²) in [4.78, 5) is 40.0. The van der Waals surface area contributed by atoms with E-state index < -0.39 is 23.8 Å². The number of ketones is 1. The zero-order valence-electron chi connectivity index (χ0n) is 17.8. The highest BCUT2D eigenvalue weighted by atomic mass is 16.5. The van der Waals surface area contributed by atoms with Crippen LogP contribution in [0.4, 0.5) is 5.69 Å². The van der Waals surface area contributed by atoms with Gasteiger partial charge in [-0.15, -0.1) is 0 Å². The minimum Gasteiger partial charge on any atom is -0.484 e. The summed E-state index contributed by atoms with van der Waals surface area (Å²) in [7, 11) is 1.32. The van der Waals surface area contributed by atoms with Crippen LogP contribution >= 0.6 is 0 Å². The van der Waals surface area contributed by atoms with Gasteiger partial charge in [-0.1, -0.05) is 48.5 Å². The van der Waals surface area contributed by atoms with E-state index >= 15 is 0 Å². The number of hydrogen-bond acceptors (Lipinski definition) is 5. The smallest absolute Gasteiger partial charge is 0.309 e. The minimum absolute atomic E-state index is 0.0620. The van der Waals surface area contributed by atoms with Crippen LogP contribution in [0.1, 0.15) is 39.6 Å². The van der Waals surface area contributed by atoms with Gasteiger partial charge in [-0.3, -0.25) is 14.4 Å². The van der Waals surface area contributed by atoms with Crippen LogP contribution in [0.5, 0.6) is 5.75 Å². The van der Waals surface area contributed by atoms with E-state index in [2.05, 4.69) is 0 Å². The Morgan fingerprint density at radius 2 is 1.75 bits per heavy atom. The number of aryl methyl sites for hydroxylation is 1. The van der Waals surface area contributed by atoms with E-state index in [-0.39, 0.29) is 13.0 Å². The van der Waals surface area contributed by atoms with E-state index in [9.17, 15) is 14.4 Å². The van der Waals surface area contributed by atoms with Crippen LogP contribution in [0.3, 0.4) is 0 Å². The van der Waals surface area contributed by atoms with Crippen molar-refractivity contribution in [1.29, 1.82) is 0 Å². The zero-order valence-corrected chi connectivity index (χ0v) is 17.8. The molecule has 3 aromatic carbocycles. The van der Waals surface area contributed by atoms with Gasteiger partial charge in [0, 0.05) is 11.1 Å². The van der Waals surface area contributed by atoms with Gasteiger partial charge in [0.05, 0.1) is 31.3 Å². The number of hydrogen-bond donors (Lipinski definition) is 0. The molecule has 0 radical (unpaired) electrons. The molecule has 6 nitrogen and oxygen atoms in total. The topological polar surface area (TPSA) is 72.9 Å². The lowest BCUT2D eigenvalue weighted by atomic mass is 9.85. The van der Waals surface area contributed by atoms with Crippen molar-refractivity contribution in [3.63, 3.8) is 0 Å². The predicted octanol–water partition coefficient (Wildman–Crippen LogP) is 4.39. The van der Waals surface area contributed by atoms with Gasteiger partial charge in [-0.2, -0.15) is 0 Å². The standard InChI is InChI=1S/C26H21NO5/c1-15-12-18-17-10-6-7-11-19(17)32-20(13-21(28)31-2)22(18)23-24(15)27(26(30)25(23)29)14-16-8-4-3-5-9-16/h3-12,20H,13-14H2,1-2H3. The monoisotopic (exact) mass is 427 g/mol. The van der Waals surface area contributed by atoms with E-state index in [1.54, 1.807) is 0 Å².